The maximum atomic E-state index is 12.7. The summed E-state index contributed by atoms with van der Waals surface area (Å²) in [5.41, 5.74) is 4.24. The number of amides is 1. The van der Waals surface area contributed by atoms with Gasteiger partial charge in [-0.3, -0.25) is 4.79 Å². The van der Waals surface area contributed by atoms with Crippen molar-refractivity contribution in [3.63, 3.8) is 0 Å². The molecule has 0 radical (unpaired) electrons. The Labute approximate surface area is 177 Å². The predicted octanol–water partition coefficient (Wildman–Crippen LogP) is 3.56. The average Bonchev–Trinajstić information content (AvgIpc) is 2.67. The van der Waals surface area contributed by atoms with Gasteiger partial charge in [-0.2, -0.15) is 9.82 Å². The van der Waals surface area contributed by atoms with Crippen molar-refractivity contribution >= 4 is 33.9 Å². The van der Waals surface area contributed by atoms with E-state index in [0.29, 0.717) is 6.42 Å². The number of thioether (sulfide) groups is 1. The van der Waals surface area contributed by atoms with Crippen LogP contribution in [0.4, 0.5) is 0 Å². The molecule has 2 aromatic rings. The molecule has 0 fully saturated rings. The molecule has 0 aromatic heterocycles. The number of hydrogen-bond acceptors (Lipinski definition) is 5. The summed E-state index contributed by atoms with van der Waals surface area (Å²) >= 11 is 1.64. The van der Waals surface area contributed by atoms with E-state index in [-0.39, 0.29) is 10.8 Å². The monoisotopic (exact) mass is 433 g/mol. The first-order valence-electron chi connectivity index (χ1n) is 9.27. The molecule has 0 aliphatic carbocycles. The fourth-order valence-electron chi connectivity index (χ4n) is 2.59. The van der Waals surface area contributed by atoms with Crippen molar-refractivity contribution in [1.82, 2.24) is 10.1 Å². The van der Waals surface area contributed by atoms with Gasteiger partial charge in [0.05, 0.1) is 11.1 Å². The van der Waals surface area contributed by atoms with Crippen molar-refractivity contribution in [2.45, 2.75) is 43.0 Å². The largest absolute Gasteiger partial charge is 0.271 e. The van der Waals surface area contributed by atoms with Gasteiger partial charge in [-0.15, -0.1) is 11.8 Å². The Morgan fingerprint density at radius 1 is 1.10 bits per heavy atom. The highest BCUT2D eigenvalue weighted by molar-refractivity contribution is 7.98. The SMILES string of the molecule is CSc1ccc(/C=N\NC(=O)[C@H](CC(C)C)NS(=O)(=O)c2ccc(C)cc2)cc1. The van der Waals surface area contributed by atoms with E-state index in [0.717, 1.165) is 16.0 Å². The Bertz CT molecular complexity index is 938. The van der Waals surface area contributed by atoms with Crippen LogP contribution in [0.3, 0.4) is 0 Å². The highest BCUT2D eigenvalue weighted by Crippen LogP contribution is 2.15. The second-order valence-corrected chi connectivity index (χ2v) is 9.72. The molecule has 156 valence electrons. The number of nitrogens with zero attached hydrogens (tertiary/aromatic N) is 1. The molecule has 29 heavy (non-hydrogen) atoms. The van der Waals surface area contributed by atoms with E-state index in [1.807, 2.05) is 51.3 Å². The van der Waals surface area contributed by atoms with Gasteiger partial charge >= 0.3 is 0 Å². The molecule has 2 rings (SSSR count). The highest BCUT2D eigenvalue weighted by atomic mass is 32.2. The molecule has 8 heteroatoms. The van der Waals surface area contributed by atoms with Gasteiger partial charge in [-0.25, -0.2) is 13.8 Å². The van der Waals surface area contributed by atoms with Crippen LogP contribution in [0.1, 0.15) is 31.4 Å². The molecule has 0 heterocycles. The summed E-state index contributed by atoms with van der Waals surface area (Å²) in [5.74, 6) is -0.374. The summed E-state index contributed by atoms with van der Waals surface area (Å²) in [6.07, 6.45) is 3.88. The van der Waals surface area contributed by atoms with E-state index in [1.165, 1.54) is 18.3 Å². The van der Waals surface area contributed by atoms with Crippen LogP contribution in [-0.4, -0.2) is 32.8 Å². The molecule has 1 atom stereocenters. The highest BCUT2D eigenvalue weighted by Gasteiger charge is 2.26. The zero-order valence-corrected chi connectivity index (χ0v) is 18.7. The standard InChI is InChI=1S/C21H27N3O3S2/c1-15(2)13-20(24-29(26,27)19-11-5-16(3)6-12-19)21(25)23-22-14-17-7-9-18(28-4)10-8-17/h5-12,14-15,20,24H,13H2,1-4H3,(H,23,25)/b22-14-/t20-/m0/s1. The zero-order valence-electron chi connectivity index (χ0n) is 17.0. The number of nitrogens with one attached hydrogen (secondary N) is 2. The Balaban J connectivity index is 2.08. The minimum atomic E-state index is -3.82. The van der Waals surface area contributed by atoms with E-state index in [1.54, 1.807) is 23.9 Å². The van der Waals surface area contributed by atoms with Crippen molar-refractivity contribution in [3.8, 4) is 0 Å². The molecule has 0 saturated carbocycles. The first-order chi connectivity index (χ1) is 13.7. The number of rotatable bonds is 9. The van der Waals surface area contributed by atoms with Crippen molar-refractivity contribution < 1.29 is 13.2 Å². The van der Waals surface area contributed by atoms with Gasteiger partial charge in [0.15, 0.2) is 0 Å². The minimum absolute atomic E-state index is 0.120. The summed E-state index contributed by atoms with van der Waals surface area (Å²) in [6.45, 7) is 5.74. The topological polar surface area (TPSA) is 87.6 Å². The smallest absolute Gasteiger partial charge is 0.258 e. The summed E-state index contributed by atoms with van der Waals surface area (Å²) in [6, 6.07) is 13.3. The number of benzene rings is 2. The summed E-state index contributed by atoms with van der Waals surface area (Å²) in [5, 5.41) is 3.97. The normalized spacial score (nSPS) is 13.0. The minimum Gasteiger partial charge on any atom is -0.271 e. The fourth-order valence-corrected chi connectivity index (χ4v) is 4.21. The van der Waals surface area contributed by atoms with Crippen molar-refractivity contribution in [2.24, 2.45) is 11.0 Å². The molecule has 0 unspecified atom stereocenters. The lowest BCUT2D eigenvalue weighted by Crippen LogP contribution is -2.46. The van der Waals surface area contributed by atoms with Crippen LogP contribution in [0.2, 0.25) is 0 Å². The summed E-state index contributed by atoms with van der Waals surface area (Å²) in [4.78, 5) is 13.8. The number of carbonyl (C=O) groups excluding carboxylic acids is 1. The van der Waals surface area contributed by atoms with Gasteiger partial charge in [-0.05, 0) is 55.3 Å². The van der Waals surface area contributed by atoms with Crippen LogP contribution in [0.15, 0.2) is 63.4 Å². The molecule has 2 aromatic carbocycles. The third-order valence-corrected chi connectivity index (χ3v) is 6.39. The van der Waals surface area contributed by atoms with Crippen LogP contribution < -0.4 is 10.1 Å². The van der Waals surface area contributed by atoms with Gasteiger partial charge < -0.3 is 0 Å². The fraction of sp³-hybridized carbons (Fsp3) is 0.333. The first kappa shape index (κ1) is 23.1. The van der Waals surface area contributed by atoms with E-state index >= 15 is 0 Å². The van der Waals surface area contributed by atoms with Crippen LogP contribution in [0.25, 0.3) is 0 Å². The average molecular weight is 434 g/mol. The van der Waals surface area contributed by atoms with Crippen LogP contribution in [0.5, 0.6) is 0 Å². The van der Waals surface area contributed by atoms with Crippen molar-refractivity contribution in [3.05, 3.63) is 59.7 Å². The summed E-state index contributed by atoms with van der Waals surface area (Å²) < 4.78 is 27.8. The third kappa shape index (κ3) is 7.30. The molecule has 0 bridgehead atoms. The van der Waals surface area contributed by atoms with E-state index in [2.05, 4.69) is 15.2 Å². The van der Waals surface area contributed by atoms with Gasteiger partial charge in [0.1, 0.15) is 6.04 Å². The van der Waals surface area contributed by atoms with Crippen LogP contribution >= 0.6 is 11.8 Å². The van der Waals surface area contributed by atoms with Crippen molar-refractivity contribution in [2.75, 3.05) is 6.26 Å². The number of hydrogen-bond donors (Lipinski definition) is 2. The van der Waals surface area contributed by atoms with Gasteiger partial charge in [0, 0.05) is 4.90 Å². The maximum Gasteiger partial charge on any atom is 0.258 e. The summed E-state index contributed by atoms with van der Waals surface area (Å²) in [7, 11) is -3.82. The third-order valence-electron chi connectivity index (χ3n) is 4.16. The van der Waals surface area contributed by atoms with Crippen LogP contribution in [-0.2, 0) is 14.8 Å². The predicted molar refractivity (Wildman–Crippen MR) is 119 cm³/mol. The Morgan fingerprint density at radius 2 is 1.72 bits per heavy atom. The van der Waals surface area contributed by atoms with Gasteiger partial charge in [0.2, 0.25) is 10.0 Å². The molecule has 0 aliphatic rings. The molecular weight excluding hydrogens is 406 g/mol. The quantitative estimate of drug-likeness (QED) is 0.360. The number of hydrazone groups is 1. The van der Waals surface area contributed by atoms with E-state index in [4.69, 9.17) is 0 Å². The maximum absolute atomic E-state index is 12.7. The number of sulfonamides is 1. The Hall–Kier alpha value is -2.16. The number of aryl methyl sites for hydroxylation is 1. The Kier molecular flexibility index (Phi) is 8.43. The number of carbonyl (C=O) groups is 1. The molecular formula is C21H27N3O3S2. The van der Waals surface area contributed by atoms with Gasteiger partial charge in [-0.1, -0.05) is 43.7 Å². The zero-order chi connectivity index (χ0) is 21.4. The molecule has 0 spiro atoms. The lowest BCUT2D eigenvalue weighted by Gasteiger charge is -2.19. The first-order valence-corrected chi connectivity index (χ1v) is 12.0. The van der Waals surface area contributed by atoms with E-state index in [9.17, 15) is 13.2 Å². The van der Waals surface area contributed by atoms with Gasteiger partial charge in [0.25, 0.3) is 5.91 Å². The van der Waals surface area contributed by atoms with Crippen LogP contribution in [0, 0.1) is 12.8 Å². The molecule has 1 amide bonds. The Morgan fingerprint density at radius 3 is 2.28 bits per heavy atom. The lowest BCUT2D eigenvalue weighted by molar-refractivity contribution is -0.123. The van der Waals surface area contributed by atoms with E-state index < -0.39 is 22.0 Å². The van der Waals surface area contributed by atoms with Crippen molar-refractivity contribution in [1.29, 1.82) is 0 Å². The molecule has 6 nitrogen and oxygen atoms in total. The molecule has 0 saturated heterocycles. The second kappa shape index (κ2) is 10.6. The lowest BCUT2D eigenvalue weighted by atomic mass is 10.0. The second-order valence-electron chi connectivity index (χ2n) is 7.12. The molecule has 0 aliphatic heterocycles. The molecule has 2 N–H and O–H groups in total.